The second-order valence-corrected chi connectivity index (χ2v) is 4.56. The lowest BCUT2D eigenvalue weighted by molar-refractivity contribution is -0.164. The maximum atomic E-state index is 12.0. The molecule has 0 bridgehead atoms. The van der Waals surface area contributed by atoms with Crippen molar-refractivity contribution in [2.45, 2.75) is 19.8 Å². The number of carbonyl (C=O) groups is 2. The second-order valence-electron chi connectivity index (χ2n) is 4.56. The number of Topliss-reactive ketones (excluding diaryl/α,β-unsaturated/α-hetero) is 1. The smallest absolute Gasteiger partial charge is 0.319 e. The Labute approximate surface area is 105 Å². The third-order valence-corrected chi connectivity index (χ3v) is 3.35. The monoisotopic (exact) mass is 249 g/mol. The van der Waals surface area contributed by atoms with Gasteiger partial charge in [-0.15, -0.1) is 0 Å². The highest BCUT2D eigenvalue weighted by atomic mass is 16.5. The Morgan fingerprint density at radius 2 is 2.39 bits per heavy atom. The minimum absolute atomic E-state index is 0.0722. The van der Waals surface area contributed by atoms with Crippen LogP contribution in [0.5, 0.6) is 0 Å². The summed E-state index contributed by atoms with van der Waals surface area (Å²) in [7, 11) is 0. The van der Waals surface area contributed by atoms with Gasteiger partial charge in [0.05, 0.1) is 13.2 Å². The molecule has 1 aromatic rings. The number of carboxylic acid groups (broad SMARTS) is 1. The van der Waals surface area contributed by atoms with Crippen LogP contribution in [-0.2, 0) is 20.7 Å². The maximum Gasteiger partial charge on any atom is 0.319 e. The van der Waals surface area contributed by atoms with Crippen molar-refractivity contribution in [3.8, 4) is 0 Å². The van der Waals surface area contributed by atoms with E-state index in [0.29, 0.717) is 12.3 Å². The summed E-state index contributed by atoms with van der Waals surface area (Å²) in [6.45, 7) is 2.08. The van der Waals surface area contributed by atoms with Gasteiger partial charge in [0.1, 0.15) is 0 Å². The molecular weight excluding hydrogens is 234 g/mol. The van der Waals surface area contributed by atoms with E-state index in [1.165, 1.54) is 0 Å². The molecule has 1 unspecified atom stereocenters. The summed E-state index contributed by atoms with van der Waals surface area (Å²) in [5.41, 5.74) is 0.0485. The van der Waals surface area contributed by atoms with Gasteiger partial charge in [-0.2, -0.15) is 0 Å². The molecule has 0 aromatic carbocycles. The molecule has 1 N–H and O–H groups in total. The zero-order valence-corrected chi connectivity index (χ0v) is 10.2. The number of ketones is 1. The van der Waals surface area contributed by atoms with E-state index >= 15 is 0 Å². The van der Waals surface area contributed by atoms with Gasteiger partial charge in [0.2, 0.25) is 0 Å². The minimum Gasteiger partial charge on any atom is -0.480 e. The fourth-order valence-electron chi connectivity index (χ4n) is 2.13. The summed E-state index contributed by atoms with van der Waals surface area (Å²) in [5.74, 6) is -1.40. The van der Waals surface area contributed by atoms with E-state index in [9.17, 15) is 14.7 Å². The SMILES string of the molecule is Cc1cccnc1CC1(C(=O)O)COCCC1=O. The van der Waals surface area contributed by atoms with E-state index in [0.717, 1.165) is 5.56 Å². The number of pyridine rings is 1. The normalized spacial score (nSPS) is 23.9. The van der Waals surface area contributed by atoms with Crippen LogP contribution in [0.1, 0.15) is 17.7 Å². The fraction of sp³-hybridized carbons (Fsp3) is 0.462. The summed E-state index contributed by atoms with van der Waals surface area (Å²) >= 11 is 0. The molecule has 0 radical (unpaired) electrons. The highest BCUT2D eigenvalue weighted by molar-refractivity contribution is 6.04. The van der Waals surface area contributed by atoms with Crippen LogP contribution in [0.15, 0.2) is 18.3 Å². The van der Waals surface area contributed by atoms with E-state index in [2.05, 4.69) is 4.98 Å². The topological polar surface area (TPSA) is 76.5 Å². The molecule has 2 heterocycles. The lowest BCUT2D eigenvalue weighted by Gasteiger charge is -2.31. The van der Waals surface area contributed by atoms with Crippen molar-refractivity contribution in [2.24, 2.45) is 5.41 Å². The molecule has 2 rings (SSSR count). The van der Waals surface area contributed by atoms with Gasteiger partial charge < -0.3 is 9.84 Å². The molecule has 0 saturated carbocycles. The Morgan fingerprint density at radius 3 is 3.00 bits per heavy atom. The molecule has 0 amide bonds. The average molecular weight is 249 g/mol. The summed E-state index contributed by atoms with van der Waals surface area (Å²) < 4.78 is 5.20. The zero-order chi connectivity index (χ0) is 13.2. The third-order valence-electron chi connectivity index (χ3n) is 3.35. The predicted octanol–water partition coefficient (Wildman–Crippen LogP) is 0.993. The third kappa shape index (κ3) is 2.13. The van der Waals surface area contributed by atoms with Gasteiger partial charge in [-0.05, 0) is 18.6 Å². The lowest BCUT2D eigenvalue weighted by Crippen LogP contribution is -2.49. The highest BCUT2D eigenvalue weighted by Crippen LogP contribution is 2.30. The van der Waals surface area contributed by atoms with Gasteiger partial charge in [-0.3, -0.25) is 14.6 Å². The number of ether oxygens (including phenoxy) is 1. The summed E-state index contributed by atoms with van der Waals surface area (Å²) in [6.07, 6.45) is 1.85. The number of nitrogens with zero attached hydrogens (tertiary/aromatic N) is 1. The quantitative estimate of drug-likeness (QED) is 0.808. The van der Waals surface area contributed by atoms with Gasteiger partial charge in [0, 0.05) is 24.7 Å². The van der Waals surface area contributed by atoms with E-state index in [1.54, 1.807) is 12.3 Å². The molecular formula is C13H15NO4. The van der Waals surface area contributed by atoms with Crippen LogP contribution in [-0.4, -0.2) is 35.1 Å². The highest BCUT2D eigenvalue weighted by Gasteiger charge is 2.48. The van der Waals surface area contributed by atoms with E-state index in [-0.39, 0.29) is 25.2 Å². The van der Waals surface area contributed by atoms with Crippen molar-refractivity contribution >= 4 is 11.8 Å². The fourth-order valence-corrected chi connectivity index (χ4v) is 2.13. The molecule has 1 atom stereocenters. The van der Waals surface area contributed by atoms with Crippen molar-refractivity contribution in [1.82, 2.24) is 4.98 Å². The number of carboxylic acids is 1. The van der Waals surface area contributed by atoms with Crippen LogP contribution in [0, 0.1) is 12.3 Å². The van der Waals surface area contributed by atoms with Crippen molar-refractivity contribution in [3.63, 3.8) is 0 Å². The second kappa shape index (κ2) is 4.86. The first-order valence-corrected chi connectivity index (χ1v) is 5.81. The van der Waals surface area contributed by atoms with E-state index in [4.69, 9.17) is 4.74 Å². The molecule has 1 saturated heterocycles. The van der Waals surface area contributed by atoms with Gasteiger partial charge in [0.25, 0.3) is 0 Å². The summed E-state index contributed by atoms with van der Waals surface area (Å²) in [4.78, 5) is 27.6. The van der Waals surface area contributed by atoms with Crippen molar-refractivity contribution in [2.75, 3.05) is 13.2 Å². The average Bonchev–Trinajstić information content (AvgIpc) is 2.34. The Bertz CT molecular complexity index is 486. The molecule has 1 fully saturated rings. The molecule has 5 nitrogen and oxygen atoms in total. The number of rotatable bonds is 3. The summed E-state index contributed by atoms with van der Waals surface area (Å²) in [6, 6.07) is 3.64. The van der Waals surface area contributed by atoms with Crippen LogP contribution >= 0.6 is 0 Å². The van der Waals surface area contributed by atoms with Gasteiger partial charge >= 0.3 is 5.97 Å². The Morgan fingerprint density at radius 1 is 1.61 bits per heavy atom. The Hall–Kier alpha value is -1.75. The van der Waals surface area contributed by atoms with Crippen LogP contribution in [0.25, 0.3) is 0 Å². The van der Waals surface area contributed by atoms with Crippen LogP contribution in [0.4, 0.5) is 0 Å². The van der Waals surface area contributed by atoms with Gasteiger partial charge in [-0.25, -0.2) is 0 Å². The predicted molar refractivity (Wildman–Crippen MR) is 63.2 cm³/mol. The number of aliphatic carboxylic acids is 1. The van der Waals surface area contributed by atoms with Crippen molar-refractivity contribution in [3.05, 3.63) is 29.6 Å². The first-order chi connectivity index (χ1) is 8.56. The van der Waals surface area contributed by atoms with Gasteiger partial charge in [0.15, 0.2) is 11.2 Å². The largest absolute Gasteiger partial charge is 0.480 e. The molecule has 0 aliphatic carbocycles. The lowest BCUT2D eigenvalue weighted by atomic mass is 9.76. The Kier molecular flexibility index (Phi) is 3.43. The maximum absolute atomic E-state index is 12.0. The standard InChI is InChI=1S/C13H15NO4/c1-9-3-2-5-14-10(9)7-13(12(16)17)8-18-6-4-11(13)15/h2-3,5H,4,6-8H2,1H3,(H,16,17). The number of hydrogen-bond donors (Lipinski definition) is 1. The number of aryl methyl sites for hydroxylation is 1. The molecule has 5 heteroatoms. The molecule has 0 spiro atoms. The van der Waals surface area contributed by atoms with Gasteiger partial charge in [-0.1, -0.05) is 6.07 Å². The van der Waals surface area contributed by atoms with E-state index in [1.807, 2.05) is 13.0 Å². The van der Waals surface area contributed by atoms with Crippen molar-refractivity contribution in [1.29, 1.82) is 0 Å². The molecule has 1 aliphatic rings. The molecule has 1 aliphatic heterocycles. The number of aromatic nitrogens is 1. The number of carbonyl (C=O) groups excluding carboxylic acids is 1. The summed E-state index contributed by atoms with van der Waals surface area (Å²) in [5, 5.41) is 9.38. The first-order valence-electron chi connectivity index (χ1n) is 5.81. The van der Waals surface area contributed by atoms with E-state index < -0.39 is 11.4 Å². The Balaban J connectivity index is 2.35. The van der Waals surface area contributed by atoms with Crippen LogP contribution in [0.3, 0.4) is 0 Å². The van der Waals surface area contributed by atoms with Crippen LogP contribution < -0.4 is 0 Å². The molecule has 18 heavy (non-hydrogen) atoms. The zero-order valence-electron chi connectivity index (χ0n) is 10.2. The molecule has 96 valence electrons. The minimum atomic E-state index is -1.47. The first kappa shape index (κ1) is 12.7. The van der Waals surface area contributed by atoms with Crippen molar-refractivity contribution < 1.29 is 19.4 Å². The number of hydrogen-bond acceptors (Lipinski definition) is 4. The molecule has 1 aromatic heterocycles. The van der Waals surface area contributed by atoms with Crippen LogP contribution in [0.2, 0.25) is 0 Å².